The van der Waals surface area contributed by atoms with Crippen LogP contribution in [0.1, 0.15) is 75.2 Å². The van der Waals surface area contributed by atoms with Crippen LogP contribution in [0, 0.1) is 0 Å². The smallest absolute Gasteiger partial charge is 0.315 e. The summed E-state index contributed by atoms with van der Waals surface area (Å²) >= 11 is 0. The first kappa shape index (κ1) is 21.3. The Morgan fingerprint density at radius 2 is 1.69 bits per heavy atom. The van der Waals surface area contributed by atoms with E-state index in [1.807, 2.05) is 6.92 Å². The van der Waals surface area contributed by atoms with E-state index >= 15 is 0 Å². The van der Waals surface area contributed by atoms with E-state index < -0.39 is 0 Å². The quantitative estimate of drug-likeness (QED) is 0.762. The van der Waals surface area contributed by atoms with Crippen molar-refractivity contribution in [2.24, 2.45) is 0 Å². The van der Waals surface area contributed by atoms with Gasteiger partial charge >= 0.3 is 6.03 Å². The zero-order valence-corrected chi connectivity index (χ0v) is 17.4. The van der Waals surface area contributed by atoms with Crippen molar-refractivity contribution in [3.63, 3.8) is 0 Å². The molecule has 1 saturated heterocycles. The SMILES string of the molecule is CCCCn1nc(C(=O)N2CCC(NC(=O)NC3CCCCC3)CC2)ccc1=O. The predicted octanol–water partition coefficient (Wildman–Crippen LogP) is 2.28. The summed E-state index contributed by atoms with van der Waals surface area (Å²) in [6, 6.07) is 3.20. The molecule has 0 radical (unpaired) electrons. The second-order valence-corrected chi connectivity index (χ2v) is 8.15. The molecule has 3 rings (SSSR count). The third-order valence-electron chi connectivity index (χ3n) is 5.87. The van der Waals surface area contributed by atoms with Crippen LogP contribution >= 0.6 is 0 Å². The largest absolute Gasteiger partial charge is 0.337 e. The van der Waals surface area contributed by atoms with E-state index in [1.165, 1.54) is 36.1 Å². The Labute approximate surface area is 172 Å². The fraction of sp³-hybridized carbons (Fsp3) is 0.714. The molecule has 1 aliphatic carbocycles. The van der Waals surface area contributed by atoms with E-state index in [-0.39, 0.29) is 23.5 Å². The van der Waals surface area contributed by atoms with Gasteiger partial charge in [0, 0.05) is 37.8 Å². The number of unbranched alkanes of at least 4 members (excludes halogenated alkanes) is 1. The van der Waals surface area contributed by atoms with Crippen LogP contribution in [0.15, 0.2) is 16.9 Å². The number of rotatable bonds is 6. The van der Waals surface area contributed by atoms with Gasteiger partial charge < -0.3 is 15.5 Å². The molecule has 0 atom stereocenters. The summed E-state index contributed by atoms with van der Waals surface area (Å²) < 4.78 is 1.38. The molecule has 1 saturated carbocycles. The van der Waals surface area contributed by atoms with Gasteiger partial charge in [0.1, 0.15) is 5.69 Å². The molecule has 2 fully saturated rings. The number of likely N-dealkylation sites (tertiary alicyclic amines) is 1. The van der Waals surface area contributed by atoms with Crippen LogP contribution in [0.5, 0.6) is 0 Å². The normalized spacial score (nSPS) is 18.4. The fourth-order valence-corrected chi connectivity index (χ4v) is 4.08. The van der Waals surface area contributed by atoms with Crippen molar-refractivity contribution in [1.82, 2.24) is 25.3 Å². The van der Waals surface area contributed by atoms with Crippen molar-refractivity contribution < 1.29 is 9.59 Å². The van der Waals surface area contributed by atoms with E-state index in [9.17, 15) is 14.4 Å². The fourth-order valence-electron chi connectivity index (χ4n) is 4.08. The van der Waals surface area contributed by atoms with Crippen molar-refractivity contribution in [3.8, 4) is 0 Å². The van der Waals surface area contributed by atoms with Gasteiger partial charge in [0.25, 0.3) is 11.5 Å². The minimum Gasteiger partial charge on any atom is -0.337 e. The maximum atomic E-state index is 12.8. The number of nitrogens with one attached hydrogen (secondary N) is 2. The molecular formula is C21H33N5O3. The zero-order chi connectivity index (χ0) is 20.6. The van der Waals surface area contributed by atoms with Crippen LogP contribution in [0.2, 0.25) is 0 Å². The van der Waals surface area contributed by atoms with E-state index in [0.717, 1.165) is 38.5 Å². The summed E-state index contributed by atoms with van der Waals surface area (Å²) in [6.45, 7) is 3.72. The number of piperidine rings is 1. The van der Waals surface area contributed by atoms with Gasteiger partial charge in [0.05, 0.1) is 0 Å². The first-order valence-corrected chi connectivity index (χ1v) is 11.0. The Kier molecular flexibility index (Phi) is 7.66. The molecule has 8 nitrogen and oxygen atoms in total. The molecule has 0 unspecified atom stereocenters. The number of amides is 3. The molecule has 2 aliphatic rings. The van der Waals surface area contributed by atoms with E-state index in [1.54, 1.807) is 4.90 Å². The highest BCUT2D eigenvalue weighted by Gasteiger charge is 2.26. The van der Waals surface area contributed by atoms with Gasteiger partial charge in [0.2, 0.25) is 0 Å². The van der Waals surface area contributed by atoms with Gasteiger partial charge in [-0.15, -0.1) is 0 Å². The Balaban J connectivity index is 1.48. The number of carbonyl (C=O) groups is 2. The summed E-state index contributed by atoms with van der Waals surface area (Å²) in [4.78, 5) is 38.7. The van der Waals surface area contributed by atoms with Gasteiger partial charge in [-0.1, -0.05) is 32.6 Å². The lowest BCUT2D eigenvalue weighted by Gasteiger charge is -2.33. The highest BCUT2D eigenvalue weighted by molar-refractivity contribution is 5.92. The standard InChI is InChI=1S/C21H33N5O3/c1-2-3-13-26-19(27)10-9-18(24-26)20(28)25-14-11-17(12-15-25)23-21(29)22-16-7-5-4-6-8-16/h9-10,16-17H,2-8,11-15H2,1H3,(H2,22,23,29). The van der Waals surface area contributed by atoms with E-state index in [4.69, 9.17) is 0 Å². The van der Waals surface area contributed by atoms with Crippen molar-refractivity contribution >= 4 is 11.9 Å². The average molecular weight is 404 g/mol. The molecule has 2 heterocycles. The number of nitrogens with zero attached hydrogens (tertiary/aromatic N) is 3. The number of hydrogen-bond acceptors (Lipinski definition) is 4. The molecule has 8 heteroatoms. The van der Waals surface area contributed by atoms with E-state index in [0.29, 0.717) is 31.4 Å². The highest BCUT2D eigenvalue weighted by Crippen LogP contribution is 2.17. The number of aromatic nitrogens is 2. The third kappa shape index (κ3) is 6.05. The first-order valence-electron chi connectivity index (χ1n) is 11.0. The van der Waals surface area contributed by atoms with Crippen molar-refractivity contribution in [2.75, 3.05) is 13.1 Å². The second-order valence-electron chi connectivity index (χ2n) is 8.15. The zero-order valence-electron chi connectivity index (χ0n) is 17.4. The second kappa shape index (κ2) is 10.4. The molecule has 1 aromatic rings. The van der Waals surface area contributed by atoms with Crippen LogP contribution in [0.4, 0.5) is 4.79 Å². The predicted molar refractivity (Wildman–Crippen MR) is 111 cm³/mol. The summed E-state index contributed by atoms with van der Waals surface area (Å²) in [6.07, 6.45) is 9.01. The van der Waals surface area contributed by atoms with Crippen molar-refractivity contribution in [2.45, 2.75) is 83.3 Å². The number of carbonyl (C=O) groups excluding carboxylic acids is 2. The van der Waals surface area contributed by atoms with Gasteiger partial charge in [-0.3, -0.25) is 9.59 Å². The van der Waals surface area contributed by atoms with Crippen LogP contribution in [-0.4, -0.2) is 51.8 Å². The Morgan fingerprint density at radius 1 is 1.03 bits per heavy atom. The monoisotopic (exact) mass is 403 g/mol. The Morgan fingerprint density at radius 3 is 2.34 bits per heavy atom. The average Bonchev–Trinajstić information content (AvgIpc) is 2.74. The highest BCUT2D eigenvalue weighted by atomic mass is 16.2. The van der Waals surface area contributed by atoms with E-state index in [2.05, 4.69) is 15.7 Å². The number of hydrogen-bond donors (Lipinski definition) is 2. The number of urea groups is 1. The topological polar surface area (TPSA) is 96.3 Å². The maximum absolute atomic E-state index is 12.8. The molecule has 0 aromatic carbocycles. The van der Waals surface area contributed by atoms with Crippen molar-refractivity contribution in [1.29, 1.82) is 0 Å². The molecule has 29 heavy (non-hydrogen) atoms. The molecule has 3 amide bonds. The molecule has 160 valence electrons. The molecule has 0 bridgehead atoms. The summed E-state index contributed by atoms with van der Waals surface area (Å²) in [5, 5.41) is 10.4. The van der Waals surface area contributed by atoms with Crippen molar-refractivity contribution in [3.05, 3.63) is 28.2 Å². The van der Waals surface area contributed by atoms with Crippen LogP contribution < -0.4 is 16.2 Å². The lowest BCUT2D eigenvalue weighted by molar-refractivity contribution is 0.0699. The van der Waals surface area contributed by atoms with Gasteiger partial charge in [-0.2, -0.15) is 5.10 Å². The minimum absolute atomic E-state index is 0.0779. The van der Waals surface area contributed by atoms with Gasteiger partial charge in [-0.05, 0) is 38.2 Å². The molecule has 1 aromatic heterocycles. The summed E-state index contributed by atoms with van der Waals surface area (Å²) in [7, 11) is 0. The molecular weight excluding hydrogens is 370 g/mol. The third-order valence-corrected chi connectivity index (χ3v) is 5.87. The maximum Gasteiger partial charge on any atom is 0.315 e. The van der Waals surface area contributed by atoms with Crippen LogP contribution in [0.3, 0.4) is 0 Å². The van der Waals surface area contributed by atoms with Gasteiger partial charge in [0.15, 0.2) is 0 Å². The summed E-state index contributed by atoms with van der Waals surface area (Å²) in [5.74, 6) is -0.152. The first-order chi connectivity index (χ1) is 14.1. The molecule has 1 aliphatic heterocycles. The molecule has 0 spiro atoms. The van der Waals surface area contributed by atoms with Crippen LogP contribution in [0.25, 0.3) is 0 Å². The minimum atomic E-state index is -0.179. The lowest BCUT2D eigenvalue weighted by atomic mass is 9.96. The lowest BCUT2D eigenvalue weighted by Crippen LogP contribution is -2.51. The molecule has 2 N–H and O–H groups in total. The van der Waals surface area contributed by atoms with Crippen LogP contribution in [-0.2, 0) is 6.54 Å². The Bertz CT molecular complexity index is 749. The van der Waals surface area contributed by atoms with Gasteiger partial charge in [-0.25, -0.2) is 9.48 Å². The Hall–Kier alpha value is -2.38. The summed E-state index contributed by atoms with van der Waals surface area (Å²) in [5.41, 5.74) is 0.129. The number of aryl methyl sites for hydroxylation is 1.